The van der Waals surface area contributed by atoms with E-state index < -0.39 is 17.8 Å². The van der Waals surface area contributed by atoms with Gasteiger partial charge in [0.2, 0.25) is 0 Å². The highest BCUT2D eigenvalue weighted by atomic mass is 16.7. The fourth-order valence-electron chi connectivity index (χ4n) is 3.50. The summed E-state index contributed by atoms with van der Waals surface area (Å²) >= 11 is 0. The molecule has 0 aromatic heterocycles. The lowest BCUT2D eigenvalue weighted by Crippen LogP contribution is -2.48. The van der Waals surface area contributed by atoms with Crippen molar-refractivity contribution in [2.24, 2.45) is 5.92 Å². The number of imide groups is 1. The summed E-state index contributed by atoms with van der Waals surface area (Å²) in [5, 5.41) is 0.577. The predicted octanol–water partition coefficient (Wildman–Crippen LogP) is 1.70. The Labute approximate surface area is 126 Å². The van der Waals surface area contributed by atoms with E-state index in [-0.39, 0.29) is 22.6 Å². The molecule has 0 atom stereocenters. The van der Waals surface area contributed by atoms with E-state index in [1.54, 1.807) is 24.3 Å². The van der Waals surface area contributed by atoms with Crippen LogP contribution in [0.2, 0.25) is 0 Å². The van der Waals surface area contributed by atoms with Crippen molar-refractivity contribution in [1.82, 2.24) is 5.06 Å². The zero-order valence-electron chi connectivity index (χ0n) is 11.9. The average Bonchev–Trinajstić information content (AvgIpc) is 3.06. The smallest absolute Gasteiger partial charge is 0.336 e. The van der Waals surface area contributed by atoms with E-state index in [0.29, 0.717) is 17.9 Å². The number of hydrogen-bond acceptors (Lipinski definition) is 5. The normalized spacial score (nSPS) is 29.6. The van der Waals surface area contributed by atoms with Crippen molar-refractivity contribution in [2.45, 2.75) is 31.3 Å². The number of ether oxygens (including phenoxy) is 1. The van der Waals surface area contributed by atoms with E-state index in [2.05, 4.69) is 0 Å². The number of benzene rings is 1. The van der Waals surface area contributed by atoms with Crippen LogP contribution in [0, 0.1) is 5.92 Å². The average molecular weight is 301 g/mol. The van der Waals surface area contributed by atoms with Crippen LogP contribution in [0.1, 0.15) is 46.4 Å². The standard InChI is InChI=1S/C16H15NO5/c18-13-11-4-1-2-5-12(11)14(19)17(13)22-15(20)10-8-16(9-10)6-3-7-21-16/h1-2,4-5,10H,3,6-9H2. The first kappa shape index (κ1) is 13.5. The first-order chi connectivity index (χ1) is 10.6. The Balaban J connectivity index is 1.43. The van der Waals surface area contributed by atoms with Crippen LogP contribution >= 0.6 is 0 Å². The van der Waals surface area contributed by atoms with Gasteiger partial charge in [0.1, 0.15) is 0 Å². The third kappa shape index (κ3) is 1.87. The van der Waals surface area contributed by atoms with Crippen molar-refractivity contribution in [2.75, 3.05) is 6.61 Å². The molecule has 1 saturated heterocycles. The van der Waals surface area contributed by atoms with Crippen molar-refractivity contribution < 1.29 is 24.0 Å². The van der Waals surface area contributed by atoms with Crippen LogP contribution in [-0.2, 0) is 14.4 Å². The van der Waals surface area contributed by atoms with Gasteiger partial charge in [0.15, 0.2) is 0 Å². The molecule has 1 aromatic carbocycles. The molecule has 22 heavy (non-hydrogen) atoms. The number of rotatable bonds is 2. The summed E-state index contributed by atoms with van der Waals surface area (Å²) < 4.78 is 5.66. The lowest BCUT2D eigenvalue weighted by Gasteiger charge is -2.42. The molecule has 4 rings (SSSR count). The van der Waals surface area contributed by atoms with E-state index in [1.807, 2.05) is 0 Å². The molecule has 1 spiro atoms. The van der Waals surface area contributed by atoms with E-state index >= 15 is 0 Å². The molecule has 2 fully saturated rings. The number of carbonyl (C=O) groups excluding carboxylic acids is 3. The summed E-state index contributed by atoms with van der Waals surface area (Å²) in [5.41, 5.74) is 0.361. The molecule has 0 radical (unpaired) electrons. The number of fused-ring (bicyclic) bond motifs is 1. The van der Waals surface area contributed by atoms with Gasteiger partial charge in [0.05, 0.1) is 22.6 Å². The van der Waals surface area contributed by atoms with Gasteiger partial charge >= 0.3 is 5.97 Å². The molecule has 3 aliphatic rings. The first-order valence-corrected chi connectivity index (χ1v) is 7.43. The van der Waals surface area contributed by atoms with E-state index in [4.69, 9.17) is 9.57 Å². The number of hydrogen-bond donors (Lipinski definition) is 0. The Hall–Kier alpha value is -2.21. The third-order valence-electron chi connectivity index (χ3n) is 4.69. The molecule has 0 bridgehead atoms. The summed E-state index contributed by atoms with van der Waals surface area (Å²) in [7, 11) is 0. The first-order valence-electron chi connectivity index (χ1n) is 7.43. The maximum absolute atomic E-state index is 12.1. The van der Waals surface area contributed by atoms with Crippen LogP contribution in [0.4, 0.5) is 0 Å². The summed E-state index contributed by atoms with van der Waals surface area (Å²) in [6.07, 6.45) is 3.19. The Morgan fingerprint density at radius 2 is 1.82 bits per heavy atom. The minimum Gasteiger partial charge on any atom is -0.375 e. The Morgan fingerprint density at radius 1 is 1.18 bits per heavy atom. The van der Waals surface area contributed by atoms with E-state index in [1.165, 1.54) is 0 Å². The minimum atomic E-state index is -0.583. The van der Waals surface area contributed by atoms with E-state index in [0.717, 1.165) is 19.4 Å². The molecular weight excluding hydrogens is 286 g/mol. The monoisotopic (exact) mass is 301 g/mol. The quantitative estimate of drug-likeness (QED) is 0.777. The van der Waals surface area contributed by atoms with Gasteiger partial charge in [-0.15, -0.1) is 0 Å². The Bertz CT molecular complexity index is 634. The van der Waals surface area contributed by atoms with Gasteiger partial charge in [0, 0.05) is 6.61 Å². The molecule has 1 saturated carbocycles. The molecular formula is C16H15NO5. The van der Waals surface area contributed by atoms with Gasteiger partial charge in [-0.1, -0.05) is 17.2 Å². The van der Waals surface area contributed by atoms with Gasteiger partial charge in [-0.3, -0.25) is 9.59 Å². The van der Waals surface area contributed by atoms with Crippen molar-refractivity contribution in [1.29, 1.82) is 0 Å². The lowest BCUT2D eigenvalue weighted by atomic mass is 9.69. The second-order valence-electron chi connectivity index (χ2n) is 6.10. The fourth-order valence-corrected chi connectivity index (χ4v) is 3.50. The molecule has 2 aliphatic heterocycles. The van der Waals surface area contributed by atoms with Crippen molar-refractivity contribution in [3.63, 3.8) is 0 Å². The van der Waals surface area contributed by atoms with Crippen molar-refractivity contribution in [3.05, 3.63) is 35.4 Å². The zero-order chi connectivity index (χ0) is 15.3. The highest BCUT2D eigenvalue weighted by Crippen LogP contribution is 2.47. The van der Waals surface area contributed by atoms with Crippen molar-refractivity contribution in [3.8, 4) is 0 Å². The summed E-state index contributed by atoms with van der Waals surface area (Å²) in [6, 6.07) is 6.44. The maximum atomic E-state index is 12.1. The van der Waals surface area contributed by atoms with Gasteiger partial charge in [0.25, 0.3) is 11.8 Å². The van der Waals surface area contributed by atoms with Crippen LogP contribution in [0.15, 0.2) is 24.3 Å². The maximum Gasteiger partial charge on any atom is 0.336 e. The van der Waals surface area contributed by atoms with Gasteiger partial charge in [-0.25, -0.2) is 4.79 Å². The molecule has 6 nitrogen and oxygen atoms in total. The van der Waals surface area contributed by atoms with E-state index in [9.17, 15) is 14.4 Å². The minimum absolute atomic E-state index is 0.175. The molecule has 0 N–H and O–H groups in total. The van der Waals surface area contributed by atoms with Crippen LogP contribution < -0.4 is 0 Å². The molecule has 0 unspecified atom stereocenters. The number of hydroxylamine groups is 2. The number of nitrogens with zero attached hydrogens (tertiary/aromatic N) is 1. The SMILES string of the molecule is O=C(ON1C(=O)c2ccccc2C1=O)C1CC2(CCCO2)C1. The molecule has 1 aromatic rings. The number of carbonyl (C=O) groups is 3. The molecule has 2 amide bonds. The third-order valence-corrected chi connectivity index (χ3v) is 4.69. The van der Waals surface area contributed by atoms with Crippen LogP contribution in [-0.4, -0.2) is 35.1 Å². The highest BCUT2D eigenvalue weighted by Gasteiger charge is 2.52. The second-order valence-corrected chi connectivity index (χ2v) is 6.10. The highest BCUT2D eigenvalue weighted by molar-refractivity contribution is 6.20. The van der Waals surface area contributed by atoms with Crippen LogP contribution in [0.5, 0.6) is 0 Å². The molecule has 114 valence electrons. The van der Waals surface area contributed by atoms with Crippen LogP contribution in [0.3, 0.4) is 0 Å². The molecule has 2 heterocycles. The lowest BCUT2D eigenvalue weighted by molar-refractivity contribution is -0.188. The van der Waals surface area contributed by atoms with Gasteiger partial charge in [-0.2, -0.15) is 0 Å². The fraction of sp³-hybridized carbons (Fsp3) is 0.438. The zero-order valence-corrected chi connectivity index (χ0v) is 11.9. The molecule has 6 heteroatoms. The second kappa shape index (κ2) is 4.64. The van der Waals surface area contributed by atoms with Gasteiger partial charge in [-0.05, 0) is 37.8 Å². The number of amides is 2. The van der Waals surface area contributed by atoms with Crippen molar-refractivity contribution >= 4 is 17.8 Å². The Kier molecular flexibility index (Phi) is 2.84. The van der Waals surface area contributed by atoms with Gasteiger partial charge < -0.3 is 9.57 Å². The summed E-state index contributed by atoms with van der Waals surface area (Å²) in [5.74, 6) is -2.00. The molecule has 1 aliphatic carbocycles. The Morgan fingerprint density at radius 3 is 2.36 bits per heavy atom. The summed E-state index contributed by atoms with van der Waals surface area (Å²) in [4.78, 5) is 41.5. The largest absolute Gasteiger partial charge is 0.375 e. The predicted molar refractivity (Wildman–Crippen MR) is 73.7 cm³/mol. The summed E-state index contributed by atoms with van der Waals surface area (Å²) in [6.45, 7) is 0.736. The van der Waals surface area contributed by atoms with Crippen LogP contribution in [0.25, 0.3) is 0 Å². The topological polar surface area (TPSA) is 72.9 Å².